The molecule has 4 N–H and O–H groups in total. The van der Waals surface area contributed by atoms with Crippen LogP contribution in [-0.4, -0.2) is 23.5 Å². The van der Waals surface area contributed by atoms with Crippen molar-refractivity contribution >= 4 is 17.4 Å². The number of nitrogens with two attached hydrogens (primary N) is 2. The van der Waals surface area contributed by atoms with Crippen molar-refractivity contribution in [3.63, 3.8) is 0 Å². The molecular formula is C10H14N4O. The Labute approximate surface area is 88.1 Å². The van der Waals surface area contributed by atoms with E-state index in [1.807, 2.05) is 17.9 Å². The number of pyridine rings is 1. The van der Waals surface area contributed by atoms with Gasteiger partial charge < -0.3 is 16.4 Å². The van der Waals surface area contributed by atoms with E-state index in [0.29, 0.717) is 5.69 Å². The zero-order valence-electron chi connectivity index (χ0n) is 8.60. The molecule has 0 radical (unpaired) electrons. The summed E-state index contributed by atoms with van der Waals surface area (Å²) in [6.07, 6.45) is 2.42. The fraction of sp³-hybridized carbons (Fsp3) is 0.400. The second-order valence-electron chi connectivity index (χ2n) is 3.80. The molecule has 2 rings (SSSR count). The van der Waals surface area contributed by atoms with E-state index < -0.39 is 0 Å². The van der Waals surface area contributed by atoms with E-state index in [1.54, 1.807) is 6.20 Å². The Balaban J connectivity index is 2.23. The van der Waals surface area contributed by atoms with Gasteiger partial charge in [0.2, 0.25) is 5.91 Å². The zero-order chi connectivity index (χ0) is 11.0. The van der Waals surface area contributed by atoms with Crippen LogP contribution in [0.4, 0.5) is 11.5 Å². The quantitative estimate of drug-likeness (QED) is 0.715. The molecule has 0 bridgehead atoms. The average molecular weight is 206 g/mol. The van der Waals surface area contributed by atoms with Crippen LogP contribution < -0.4 is 16.4 Å². The molecule has 1 unspecified atom stereocenters. The minimum Gasteiger partial charge on any atom is -0.397 e. The topological polar surface area (TPSA) is 85.2 Å². The molecule has 15 heavy (non-hydrogen) atoms. The van der Waals surface area contributed by atoms with Crippen LogP contribution >= 0.6 is 0 Å². The normalized spacial score (nSPS) is 19.8. The van der Waals surface area contributed by atoms with Crippen LogP contribution in [0.1, 0.15) is 12.0 Å². The molecule has 1 aliphatic rings. The highest BCUT2D eigenvalue weighted by Crippen LogP contribution is 2.26. The smallest absolute Gasteiger partial charge is 0.240 e. The minimum atomic E-state index is -0.294. The van der Waals surface area contributed by atoms with Crippen LogP contribution in [0, 0.1) is 6.92 Å². The van der Waals surface area contributed by atoms with Crippen LogP contribution in [0.5, 0.6) is 0 Å². The summed E-state index contributed by atoms with van der Waals surface area (Å²) in [5.41, 5.74) is 12.6. The van der Waals surface area contributed by atoms with E-state index in [9.17, 15) is 4.79 Å². The Morgan fingerprint density at radius 3 is 2.87 bits per heavy atom. The van der Waals surface area contributed by atoms with Crippen LogP contribution in [-0.2, 0) is 4.79 Å². The SMILES string of the molecule is Cc1cc(N2CCC2C(N)=O)ncc1N. The lowest BCUT2D eigenvalue weighted by Gasteiger charge is -2.39. The molecule has 0 saturated carbocycles. The van der Waals surface area contributed by atoms with E-state index in [0.717, 1.165) is 24.3 Å². The predicted molar refractivity (Wildman–Crippen MR) is 58.3 cm³/mol. The van der Waals surface area contributed by atoms with E-state index >= 15 is 0 Å². The summed E-state index contributed by atoms with van der Waals surface area (Å²) >= 11 is 0. The van der Waals surface area contributed by atoms with Gasteiger partial charge in [-0.1, -0.05) is 0 Å². The number of amides is 1. The number of primary amides is 1. The molecular weight excluding hydrogens is 192 g/mol. The van der Waals surface area contributed by atoms with Crippen molar-refractivity contribution in [1.29, 1.82) is 0 Å². The van der Waals surface area contributed by atoms with Gasteiger partial charge in [-0.15, -0.1) is 0 Å². The van der Waals surface area contributed by atoms with Crippen molar-refractivity contribution in [3.8, 4) is 0 Å². The van der Waals surface area contributed by atoms with E-state index in [2.05, 4.69) is 4.98 Å². The van der Waals surface area contributed by atoms with Gasteiger partial charge in [0.05, 0.1) is 11.9 Å². The maximum atomic E-state index is 11.0. The van der Waals surface area contributed by atoms with Crippen molar-refractivity contribution in [1.82, 2.24) is 4.98 Å². The lowest BCUT2D eigenvalue weighted by atomic mass is 10.0. The molecule has 1 aromatic heterocycles. The van der Waals surface area contributed by atoms with Gasteiger partial charge in [0.1, 0.15) is 11.9 Å². The first-order chi connectivity index (χ1) is 7.09. The molecule has 1 aromatic rings. The van der Waals surface area contributed by atoms with E-state index in [4.69, 9.17) is 11.5 Å². The summed E-state index contributed by atoms with van der Waals surface area (Å²) < 4.78 is 0. The van der Waals surface area contributed by atoms with Crippen LogP contribution in [0.2, 0.25) is 0 Å². The van der Waals surface area contributed by atoms with Gasteiger partial charge in [-0.2, -0.15) is 0 Å². The van der Waals surface area contributed by atoms with Crippen LogP contribution in [0.25, 0.3) is 0 Å². The predicted octanol–water partition coefficient (Wildman–Crippen LogP) is 0.0362. The fourth-order valence-corrected chi connectivity index (χ4v) is 1.67. The Morgan fingerprint density at radius 1 is 1.67 bits per heavy atom. The molecule has 5 heteroatoms. The molecule has 80 valence electrons. The van der Waals surface area contributed by atoms with E-state index in [-0.39, 0.29) is 11.9 Å². The van der Waals surface area contributed by atoms with Crippen LogP contribution in [0.15, 0.2) is 12.3 Å². The number of carbonyl (C=O) groups is 1. The highest BCUT2D eigenvalue weighted by atomic mass is 16.1. The minimum absolute atomic E-state index is 0.208. The third-order valence-corrected chi connectivity index (χ3v) is 2.78. The fourth-order valence-electron chi connectivity index (χ4n) is 1.67. The average Bonchev–Trinajstić information content (AvgIpc) is 2.08. The maximum absolute atomic E-state index is 11.0. The van der Waals surface area contributed by atoms with Gasteiger partial charge >= 0.3 is 0 Å². The van der Waals surface area contributed by atoms with Crippen molar-refractivity contribution in [2.45, 2.75) is 19.4 Å². The maximum Gasteiger partial charge on any atom is 0.240 e. The first-order valence-corrected chi connectivity index (χ1v) is 4.87. The van der Waals surface area contributed by atoms with Gasteiger partial charge in [-0.05, 0) is 25.0 Å². The van der Waals surface area contributed by atoms with Crippen LogP contribution in [0.3, 0.4) is 0 Å². The Bertz CT molecular complexity index is 404. The molecule has 0 spiro atoms. The van der Waals surface area contributed by atoms with Gasteiger partial charge in [0.15, 0.2) is 0 Å². The first kappa shape index (κ1) is 9.76. The number of nitrogens with zero attached hydrogens (tertiary/aromatic N) is 2. The summed E-state index contributed by atoms with van der Waals surface area (Å²) in [4.78, 5) is 17.1. The molecule has 5 nitrogen and oxygen atoms in total. The van der Waals surface area contributed by atoms with Crippen molar-refractivity contribution in [3.05, 3.63) is 17.8 Å². The van der Waals surface area contributed by atoms with Gasteiger partial charge in [0.25, 0.3) is 0 Å². The lowest BCUT2D eigenvalue weighted by molar-refractivity contribution is -0.120. The van der Waals surface area contributed by atoms with Crippen molar-refractivity contribution in [2.75, 3.05) is 17.2 Å². The number of carbonyl (C=O) groups excluding carboxylic acids is 1. The Hall–Kier alpha value is -1.78. The summed E-state index contributed by atoms with van der Waals surface area (Å²) in [6.45, 7) is 2.74. The molecule has 1 aliphatic heterocycles. The van der Waals surface area contributed by atoms with Gasteiger partial charge in [-0.3, -0.25) is 4.79 Å². The number of hydrogen-bond donors (Lipinski definition) is 2. The molecule has 2 heterocycles. The number of anilines is 2. The summed E-state index contributed by atoms with van der Waals surface area (Å²) in [7, 11) is 0. The Kier molecular flexibility index (Phi) is 2.22. The third-order valence-electron chi connectivity index (χ3n) is 2.78. The molecule has 0 aliphatic carbocycles. The molecule has 0 aromatic carbocycles. The number of hydrogen-bond acceptors (Lipinski definition) is 4. The Morgan fingerprint density at radius 2 is 2.40 bits per heavy atom. The number of rotatable bonds is 2. The summed E-state index contributed by atoms with van der Waals surface area (Å²) in [6, 6.07) is 1.67. The number of nitrogen functional groups attached to an aromatic ring is 1. The third kappa shape index (κ3) is 1.60. The number of aromatic nitrogens is 1. The standard InChI is InChI=1S/C10H14N4O/c1-6-4-9(13-5-7(6)11)14-3-2-8(14)10(12)15/h4-5,8H,2-3,11H2,1H3,(H2,12,15). The molecule has 1 saturated heterocycles. The monoisotopic (exact) mass is 206 g/mol. The van der Waals surface area contributed by atoms with Gasteiger partial charge in [0, 0.05) is 6.54 Å². The highest BCUT2D eigenvalue weighted by molar-refractivity contribution is 5.85. The zero-order valence-corrected chi connectivity index (χ0v) is 8.60. The highest BCUT2D eigenvalue weighted by Gasteiger charge is 2.33. The lowest BCUT2D eigenvalue weighted by Crippen LogP contribution is -2.55. The van der Waals surface area contributed by atoms with Crippen molar-refractivity contribution in [2.24, 2.45) is 5.73 Å². The van der Waals surface area contributed by atoms with Gasteiger partial charge in [-0.25, -0.2) is 4.98 Å². The second kappa shape index (κ2) is 3.42. The van der Waals surface area contributed by atoms with E-state index in [1.165, 1.54) is 0 Å². The molecule has 1 atom stereocenters. The number of aryl methyl sites for hydroxylation is 1. The first-order valence-electron chi connectivity index (χ1n) is 4.87. The molecule has 1 fully saturated rings. The summed E-state index contributed by atoms with van der Waals surface area (Å²) in [5.74, 6) is 0.481. The second-order valence-corrected chi connectivity index (χ2v) is 3.80. The largest absolute Gasteiger partial charge is 0.397 e. The summed E-state index contributed by atoms with van der Waals surface area (Å²) in [5, 5.41) is 0. The molecule has 1 amide bonds. The van der Waals surface area contributed by atoms with Crippen molar-refractivity contribution < 1.29 is 4.79 Å².